The van der Waals surface area contributed by atoms with Gasteiger partial charge in [0.15, 0.2) is 0 Å². The molecule has 31 heavy (non-hydrogen) atoms. The summed E-state index contributed by atoms with van der Waals surface area (Å²) in [5.74, 6) is 1.54. The van der Waals surface area contributed by atoms with Crippen molar-refractivity contribution in [2.75, 3.05) is 33.3 Å². The monoisotopic (exact) mass is 439 g/mol. The van der Waals surface area contributed by atoms with E-state index in [-0.39, 0.29) is 5.91 Å². The highest BCUT2D eigenvalue weighted by Crippen LogP contribution is 2.35. The number of fused-ring (bicyclic) bond motifs is 2. The molecule has 0 bridgehead atoms. The minimum Gasteiger partial charge on any atom is -0.480 e. The van der Waals surface area contributed by atoms with Crippen molar-refractivity contribution in [1.82, 2.24) is 24.8 Å². The topological polar surface area (TPSA) is 74.3 Å². The second kappa shape index (κ2) is 8.13. The molecule has 2 aliphatic rings. The number of nitrogens with one attached hydrogen (secondary N) is 1. The smallest absolute Gasteiger partial charge is 0.254 e. The lowest BCUT2D eigenvalue weighted by atomic mass is 10.1. The predicted octanol–water partition coefficient (Wildman–Crippen LogP) is 3.97. The van der Waals surface area contributed by atoms with Gasteiger partial charge in [-0.05, 0) is 55.6 Å². The maximum atomic E-state index is 13.1. The summed E-state index contributed by atoms with van der Waals surface area (Å²) < 4.78 is 5.35. The number of likely N-dealkylation sites (tertiary alicyclic amines) is 1. The van der Waals surface area contributed by atoms with Crippen LogP contribution in [0.1, 0.15) is 35.7 Å². The Morgan fingerprint density at radius 1 is 1.26 bits per heavy atom. The molecule has 2 aromatic heterocycles. The summed E-state index contributed by atoms with van der Waals surface area (Å²) in [6, 6.07) is 5.62. The predicted molar refractivity (Wildman–Crippen MR) is 120 cm³/mol. The third kappa shape index (κ3) is 3.77. The standard InChI is InChI=1S/C23H26ClN5O2/c1-14(11-28-7-3-4-8-28)12-29-13-15-9-18-19(10-16(15)23(29)30)27-21(26-18)20-17(24)5-6-25-22(20)31-2/h5-6,9-10,14H,3-4,7-8,11-13H2,1-2H3,(H,26,27). The number of carbonyl (C=O) groups is 1. The molecule has 1 atom stereocenters. The van der Waals surface area contributed by atoms with Crippen molar-refractivity contribution in [3.63, 3.8) is 0 Å². The average Bonchev–Trinajstić information content (AvgIpc) is 3.46. The molecule has 5 rings (SSSR count). The Bertz CT molecular complexity index is 1140. The van der Waals surface area contributed by atoms with Gasteiger partial charge < -0.3 is 19.5 Å². The van der Waals surface area contributed by atoms with Crippen LogP contribution in [0.15, 0.2) is 24.4 Å². The largest absolute Gasteiger partial charge is 0.480 e. The van der Waals surface area contributed by atoms with E-state index in [1.54, 1.807) is 19.4 Å². The molecular weight excluding hydrogens is 414 g/mol. The summed E-state index contributed by atoms with van der Waals surface area (Å²) in [5, 5.41) is 0.507. The van der Waals surface area contributed by atoms with Gasteiger partial charge in [0.1, 0.15) is 5.82 Å². The van der Waals surface area contributed by atoms with Crippen LogP contribution in [0.3, 0.4) is 0 Å². The summed E-state index contributed by atoms with van der Waals surface area (Å²) in [6.45, 7) is 7.07. The summed E-state index contributed by atoms with van der Waals surface area (Å²) in [7, 11) is 1.55. The van der Waals surface area contributed by atoms with Crippen molar-refractivity contribution < 1.29 is 9.53 Å². The Morgan fingerprint density at radius 2 is 2.06 bits per heavy atom. The molecule has 1 unspecified atom stereocenters. The van der Waals surface area contributed by atoms with E-state index >= 15 is 0 Å². The van der Waals surface area contributed by atoms with Gasteiger partial charge in [0.05, 0.1) is 28.7 Å². The van der Waals surface area contributed by atoms with E-state index in [4.69, 9.17) is 21.3 Å². The molecule has 0 spiro atoms. The fraction of sp³-hybridized carbons (Fsp3) is 0.435. The van der Waals surface area contributed by atoms with E-state index in [1.165, 1.54) is 25.9 Å². The molecule has 4 heterocycles. The van der Waals surface area contributed by atoms with Crippen molar-refractivity contribution in [1.29, 1.82) is 0 Å². The minimum absolute atomic E-state index is 0.0957. The van der Waals surface area contributed by atoms with Crippen molar-refractivity contribution >= 4 is 28.5 Å². The molecule has 1 saturated heterocycles. The quantitative estimate of drug-likeness (QED) is 0.629. The molecule has 0 radical (unpaired) electrons. The molecular formula is C23H26ClN5O2. The van der Waals surface area contributed by atoms with Crippen LogP contribution in [0.2, 0.25) is 5.02 Å². The van der Waals surface area contributed by atoms with Crippen LogP contribution in [0.4, 0.5) is 0 Å². The fourth-order valence-electron chi connectivity index (χ4n) is 4.77. The lowest BCUT2D eigenvalue weighted by Crippen LogP contribution is -2.34. The molecule has 3 aromatic rings. The van der Waals surface area contributed by atoms with Crippen molar-refractivity contribution in [2.45, 2.75) is 26.3 Å². The van der Waals surface area contributed by atoms with Gasteiger partial charge in [-0.2, -0.15) is 0 Å². The van der Waals surface area contributed by atoms with E-state index in [0.29, 0.717) is 34.8 Å². The first kappa shape index (κ1) is 20.3. The lowest BCUT2D eigenvalue weighted by molar-refractivity contribution is 0.0745. The zero-order chi connectivity index (χ0) is 21.5. The molecule has 8 heteroatoms. The van der Waals surface area contributed by atoms with Gasteiger partial charge in [-0.1, -0.05) is 18.5 Å². The number of amides is 1. The number of aromatic amines is 1. The van der Waals surface area contributed by atoms with Gasteiger partial charge in [0, 0.05) is 31.4 Å². The number of methoxy groups -OCH3 is 1. The number of benzene rings is 1. The van der Waals surface area contributed by atoms with Crippen LogP contribution >= 0.6 is 11.6 Å². The van der Waals surface area contributed by atoms with Gasteiger partial charge in [-0.15, -0.1) is 0 Å². The van der Waals surface area contributed by atoms with E-state index in [9.17, 15) is 4.79 Å². The number of nitrogens with zero attached hydrogens (tertiary/aromatic N) is 4. The van der Waals surface area contributed by atoms with E-state index in [1.807, 2.05) is 17.0 Å². The number of hydrogen-bond donors (Lipinski definition) is 1. The third-order valence-electron chi connectivity index (χ3n) is 6.18. The molecule has 1 fully saturated rings. The second-order valence-electron chi connectivity index (χ2n) is 8.59. The Balaban J connectivity index is 1.38. The number of H-pyrrole nitrogens is 1. The number of pyridine rings is 1. The highest BCUT2D eigenvalue weighted by molar-refractivity contribution is 6.33. The summed E-state index contributed by atoms with van der Waals surface area (Å²) in [5.41, 5.74) is 3.99. The van der Waals surface area contributed by atoms with Crippen LogP contribution < -0.4 is 4.74 Å². The maximum absolute atomic E-state index is 13.1. The molecule has 162 valence electrons. The average molecular weight is 440 g/mol. The summed E-state index contributed by atoms with van der Waals surface area (Å²) in [4.78, 5) is 29.8. The zero-order valence-corrected chi connectivity index (χ0v) is 18.6. The van der Waals surface area contributed by atoms with Crippen LogP contribution in [0, 0.1) is 5.92 Å². The van der Waals surface area contributed by atoms with Crippen LogP contribution in [-0.2, 0) is 6.54 Å². The Morgan fingerprint density at radius 3 is 2.84 bits per heavy atom. The Labute approximate surface area is 186 Å². The van der Waals surface area contributed by atoms with Gasteiger partial charge in [0.25, 0.3) is 5.91 Å². The van der Waals surface area contributed by atoms with Gasteiger partial charge in [0.2, 0.25) is 5.88 Å². The number of halogens is 1. The Hall–Kier alpha value is -2.64. The van der Waals surface area contributed by atoms with Crippen LogP contribution in [-0.4, -0.2) is 63.9 Å². The molecule has 1 aromatic carbocycles. The number of imidazole rings is 1. The first-order chi connectivity index (χ1) is 15.0. The first-order valence-electron chi connectivity index (χ1n) is 10.8. The van der Waals surface area contributed by atoms with Crippen molar-refractivity contribution in [3.8, 4) is 17.3 Å². The molecule has 1 N–H and O–H groups in total. The lowest BCUT2D eigenvalue weighted by Gasteiger charge is -2.24. The van der Waals surface area contributed by atoms with Gasteiger partial charge in [-0.3, -0.25) is 4.79 Å². The van der Waals surface area contributed by atoms with Crippen LogP contribution in [0.25, 0.3) is 22.4 Å². The number of hydrogen-bond acceptors (Lipinski definition) is 5. The van der Waals surface area contributed by atoms with E-state index < -0.39 is 0 Å². The molecule has 7 nitrogen and oxygen atoms in total. The zero-order valence-electron chi connectivity index (χ0n) is 17.8. The first-order valence-corrected chi connectivity index (χ1v) is 11.1. The minimum atomic E-state index is 0.0957. The number of carbonyl (C=O) groups excluding carboxylic acids is 1. The summed E-state index contributed by atoms with van der Waals surface area (Å²) in [6.07, 6.45) is 4.18. The maximum Gasteiger partial charge on any atom is 0.254 e. The second-order valence-corrected chi connectivity index (χ2v) is 8.99. The summed E-state index contributed by atoms with van der Waals surface area (Å²) >= 11 is 6.38. The van der Waals surface area contributed by atoms with Gasteiger partial charge in [-0.25, -0.2) is 9.97 Å². The fourth-order valence-corrected chi connectivity index (χ4v) is 5.00. The molecule has 1 amide bonds. The normalized spacial score (nSPS) is 17.5. The molecule has 2 aliphatic heterocycles. The molecule has 0 saturated carbocycles. The van der Waals surface area contributed by atoms with E-state index in [2.05, 4.69) is 21.8 Å². The van der Waals surface area contributed by atoms with Crippen molar-refractivity contribution in [2.24, 2.45) is 5.92 Å². The van der Waals surface area contributed by atoms with Gasteiger partial charge >= 0.3 is 0 Å². The van der Waals surface area contributed by atoms with Crippen LogP contribution in [0.5, 0.6) is 5.88 Å². The SMILES string of the molecule is COc1nccc(Cl)c1-c1nc2cc3c(cc2[nH]1)C(=O)N(CC(C)CN1CCCC1)C3. The Kier molecular flexibility index (Phi) is 5.32. The van der Waals surface area contributed by atoms with E-state index in [0.717, 1.165) is 35.2 Å². The van der Waals surface area contributed by atoms with Crippen molar-refractivity contribution in [3.05, 3.63) is 40.5 Å². The number of rotatable bonds is 6. The molecule has 0 aliphatic carbocycles. The number of ether oxygens (including phenoxy) is 1. The highest BCUT2D eigenvalue weighted by Gasteiger charge is 2.30. The number of aromatic nitrogens is 3. The highest BCUT2D eigenvalue weighted by atomic mass is 35.5. The third-order valence-corrected chi connectivity index (χ3v) is 6.50.